The van der Waals surface area contributed by atoms with Gasteiger partial charge in [-0.15, -0.1) is 12.4 Å². The Morgan fingerprint density at radius 1 is 1.27 bits per heavy atom. The van der Waals surface area contributed by atoms with Crippen molar-refractivity contribution in [1.29, 1.82) is 0 Å². The molecule has 1 aromatic carbocycles. The number of nitrogens with zero attached hydrogens (tertiary/aromatic N) is 1. The molecule has 0 atom stereocenters. The monoisotopic (exact) mass is 328 g/mol. The van der Waals surface area contributed by atoms with Gasteiger partial charge in [0, 0.05) is 18.2 Å². The van der Waals surface area contributed by atoms with Crippen molar-refractivity contribution in [2.45, 2.75) is 37.8 Å². The Kier molecular flexibility index (Phi) is 7.07. The fourth-order valence-electron chi connectivity index (χ4n) is 2.50. The lowest BCUT2D eigenvalue weighted by molar-refractivity contribution is -0.383. The van der Waals surface area contributed by atoms with Crippen LogP contribution in [0.25, 0.3) is 0 Å². The molecule has 0 aliphatic heterocycles. The highest BCUT2D eigenvalue weighted by atomic mass is 35.5. The quantitative estimate of drug-likeness (QED) is 0.564. The van der Waals surface area contributed by atoms with Gasteiger partial charge in [-0.1, -0.05) is 12.1 Å². The first-order chi connectivity index (χ1) is 10.1. The number of nitro benzene ring substituents is 1. The molecule has 0 unspecified atom stereocenters. The standard InChI is InChI=1S/C14H20N4O3.ClH/c15-10-5-7-11(8-6-10)17-14(19)9-16-12-3-1-2-4-13(12)18(20)21;/h1-4,10-11,16H,5-9,15H2,(H,17,19);1H. The van der Waals surface area contributed by atoms with Crippen molar-refractivity contribution in [2.75, 3.05) is 11.9 Å². The molecular weight excluding hydrogens is 308 g/mol. The number of carbonyl (C=O) groups excluding carboxylic acids is 1. The van der Waals surface area contributed by atoms with Gasteiger partial charge in [0.1, 0.15) is 5.69 Å². The molecule has 1 fully saturated rings. The Morgan fingerprint density at radius 2 is 1.91 bits per heavy atom. The van der Waals surface area contributed by atoms with Crippen molar-refractivity contribution in [2.24, 2.45) is 5.73 Å². The molecule has 1 aliphatic carbocycles. The lowest BCUT2D eigenvalue weighted by Crippen LogP contribution is -2.42. The number of anilines is 1. The van der Waals surface area contributed by atoms with E-state index >= 15 is 0 Å². The first kappa shape index (κ1) is 18.2. The molecular formula is C14H21ClN4O3. The van der Waals surface area contributed by atoms with Crippen LogP contribution in [0, 0.1) is 10.1 Å². The van der Waals surface area contributed by atoms with Crippen LogP contribution < -0.4 is 16.4 Å². The van der Waals surface area contributed by atoms with E-state index in [1.54, 1.807) is 18.2 Å². The lowest BCUT2D eigenvalue weighted by atomic mass is 9.92. The molecule has 0 bridgehead atoms. The number of hydrogen-bond donors (Lipinski definition) is 3. The van der Waals surface area contributed by atoms with Crippen LogP contribution >= 0.6 is 12.4 Å². The van der Waals surface area contributed by atoms with E-state index in [9.17, 15) is 14.9 Å². The van der Waals surface area contributed by atoms with Crippen molar-refractivity contribution in [3.8, 4) is 0 Å². The summed E-state index contributed by atoms with van der Waals surface area (Å²) < 4.78 is 0. The van der Waals surface area contributed by atoms with Crippen molar-refractivity contribution in [1.82, 2.24) is 5.32 Å². The summed E-state index contributed by atoms with van der Waals surface area (Å²) in [6.07, 6.45) is 3.61. The van der Waals surface area contributed by atoms with E-state index in [1.807, 2.05) is 0 Å². The SMILES string of the molecule is Cl.NC1CCC(NC(=O)CNc2ccccc2[N+](=O)[O-])CC1. The van der Waals surface area contributed by atoms with E-state index in [2.05, 4.69) is 10.6 Å². The zero-order valence-corrected chi connectivity index (χ0v) is 13.0. The molecule has 0 aromatic heterocycles. The molecule has 2 rings (SSSR count). The molecule has 22 heavy (non-hydrogen) atoms. The Balaban J connectivity index is 0.00000242. The third-order valence-corrected chi connectivity index (χ3v) is 3.68. The Bertz CT molecular complexity index is 519. The summed E-state index contributed by atoms with van der Waals surface area (Å²) in [6, 6.07) is 6.67. The lowest BCUT2D eigenvalue weighted by Gasteiger charge is -2.26. The fraction of sp³-hybridized carbons (Fsp3) is 0.500. The van der Waals surface area contributed by atoms with Crippen molar-refractivity contribution >= 4 is 29.7 Å². The summed E-state index contributed by atoms with van der Waals surface area (Å²) in [7, 11) is 0. The Labute approximate surface area is 135 Å². The molecule has 1 aliphatic rings. The highest BCUT2D eigenvalue weighted by Gasteiger charge is 2.20. The summed E-state index contributed by atoms with van der Waals surface area (Å²) in [6.45, 7) is 0.0212. The van der Waals surface area contributed by atoms with E-state index in [-0.39, 0.29) is 42.6 Å². The van der Waals surface area contributed by atoms with Crippen LogP contribution in [0.3, 0.4) is 0 Å². The number of nitro groups is 1. The highest BCUT2D eigenvalue weighted by molar-refractivity contribution is 5.85. The number of halogens is 1. The Morgan fingerprint density at radius 3 is 2.55 bits per heavy atom. The zero-order chi connectivity index (χ0) is 15.2. The van der Waals surface area contributed by atoms with Crippen molar-refractivity contribution < 1.29 is 9.72 Å². The first-order valence-corrected chi connectivity index (χ1v) is 7.08. The minimum Gasteiger partial charge on any atom is -0.371 e. The van der Waals surface area contributed by atoms with Gasteiger partial charge in [0.25, 0.3) is 5.69 Å². The van der Waals surface area contributed by atoms with Gasteiger partial charge in [0.2, 0.25) is 5.91 Å². The largest absolute Gasteiger partial charge is 0.371 e. The van der Waals surface area contributed by atoms with Crippen molar-refractivity contribution in [3.63, 3.8) is 0 Å². The number of rotatable bonds is 5. The van der Waals surface area contributed by atoms with Gasteiger partial charge in [0.15, 0.2) is 0 Å². The van der Waals surface area contributed by atoms with Gasteiger partial charge in [-0.3, -0.25) is 14.9 Å². The van der Waals surface area contributed by atoms with Crippen LogP contribution in [-0.4, -0.2) is 29.5 Å². The average Bonchev–Trinajstić information content (AvgIpc) is 2.48. The third-order valence-electron chi connectivity index (χ3n) is 3.68. The van der Waals surface area contributed by atoms with Gasteiger partial charge in [-0.05, 0) is 31.7 Å². The number of para-hydroxylation sites is 2. The van der Waals surface area contributed by atoms with E-state index in [0.717, 1.165) is 25.7 Å². The molecule has 4 N–H and O–H groups in total. The minimum atomic E-state index is -0.469. The number of amides is 1. The summed E-state index contributed by atoms with van der Waals surface area (Å²) in [5.74, 6) is -0.159. The second-order valence-electron chi connectivity index (χ2n) is 5.31. The summed E-state index contributed by atoms with van der Waals surface area (Å²) in [5, 5.41) is 16.6. The van der Waals surface area contributed by atoms with E-state index < -0.39 is 4.92 Å². The van der Waals surface area contributed by atoms with Gasteiger partial charge in [-0.2, -0.15) is 0 Å². The maximum atomic E-state index is 11.9. The minimum absolute atomic E-state index is 0. The van der Waals surface area contributed by atoms with Crippen LogP contribution in [0.5, 0.6) is 0 Å². The molecule has 0 heterocycles. The predicted octanol–water partition coefficient (Wildman–Crippen LogP) is 1.81. The summed E-state index contributed by atoms with van der Waals surface area (Å²) in [5.41, 5.74) is 6.14. The van der Waals surface area contributed by atoms with Crippen LogP contribution in [0.1, 0.15) is 25.7 Å². The molecule has 1 saturated carbocycles. The highest BCUT2D eigenvalue weighted by Crippen LogP contribution is 2.22. The average molecular weight is 329 g/mol. The van der Waals surface area contributed by atoms with Crippen LogP contribution in [0.4, 0.5) is 11.4 Å². The number of carbonyl (C=O) groups is 1. The normalized spacial score (nSPS) is 20.6. The van der Waals surface area contributed by atoms with E-state index in [1.165, 1.54) is 6.07 Å². The van der Waals surface area contributed by atoms with Gasteiger partial charge in [0.05, 0.1) is 11.5 Å². The predicted molar refractivity (Wildman–Crippen MR) is 87.2 cm³/mol. The zero-order valence-electron chi connectivity index (χ0n) is 12.2. The Hall–Kier alpha value is -1.86. The van der Waals surface area contributed by atoms with E-state index in [0.29, 0.717) is 5.69 Å². The molecule has 1 amide bonds. The number of hydrogen-bond acceptors (Lipinski definition) is 5. The van der Waals surface area contributed by atoms with Gasteiger partial charge >= 0.3 is 0 Å². The molecule has 122 valence electrons. The molecule has 0 spiro atoms. The summed E-state index contributed by atoms with van der Waals surface area (Å²) in [4.78, 5) is 22.3. The first-order valence-electron chi connectivity index (χ1n) is 7.08. The maximum Gasteiger partial charge on any atom is 0.292 e. The van der Waals surface area contributed by atoms with Crippen LogP contribution in [0.15, 0.2) is 24.3 Å². The number of benzene rings is 1. The number of nitrogens with one attached hydrogen (secondary N) is 2. The fourth-order valence-corrected chi connectivity index (χ4v) is 2.50. The molecule has 0 radical (unpaired) electrons. The van der Waals surface area contributed by atoms with Crippen LogP contribution in [-0.2, 0) is 4.79 Å². The second-order valence-corrected chi connectivity index (χ2v) is 5.31. The van der Waals surface area contributed by atoms with Gasteiger partial charge < -0.3 is 16.4 Å². The molecule has 8 heteroatoms. The number of nitrogens with two attached hydrogens (primary N) is 1. The molecule has 0 saturated heterocycles. The smallest absolute Gasteiger partial charge is 0.292 e. The van der Waals surface area contributed by atoms with E-state index in [4.69, 9.17) is 5.73 Å². The third kappa shape index (κ3) is 5.16. The van der Waals surface area contributed by atoms with Gasteiger partial charge in [-0.25, -0.2) is 0 Å². The maximum absolute atomic E-state index is 11.9. The summed E-state index contributed by atoms with van der Waals surface area (Å²) >= 11 is 0. The topological polar surface area (TPSA) is 110 Å². The molecule has 7 nitrogen and oxygen atoms in total. The van der Waals surface area contributed by atoms with Crippen molar-refractivity contribution in [3.05, 3.63) is 34.4 Å². The van der Waals surface area contributed by atoms with Crippen LogP contribution in [0.2, 0.25) is 0 Å². The second kappa shape index (κ2) is 8.55. The molecule has 1 aromatic rings.